The number of piperidine rings is 1. The number of likely N-dealkylation sites (N-methyl/N-ethyl adjacent to an activating group) is 1. The fraction of sp³-hybridized carbons (Fsp3) is 0.917. The normalized spacial score (nSPS) is 23.3. The van der Waals surface area contributed by atoms with E-state index in [1.165, 1.54) is 0 Å². The summed E-state index contributed by atoms with van der Waals surface area (Å²) in [4.78, 5) is 12.6. The molecule has 1 fully saturated rings. The zero-order valence-electron chi connectivity index (χ0n) is 11.0. The van der Waals surface area contributed by atoms with Gasteiger partial charge < -0.3 is 15.3 Å². The van der Waals surface area contributed by atoms with Crippen LogP contribution in [0, 0.1) is 5.92 Å². The fourth-order valence-corrected chi connectivity index (χ4v) is 2.40. The van der Waals surface area contributed by atoms with Crippen LogP contribution in [0.15, 0.2) is 0 Å². The lowest BCUT2D eigenvalue weighted by molar-refractivity contribution is -0.186. The predicted octanol–water partition coefficient (Wildman–Crippen LogP) is 1.71. The Balaban J connectivity index is 2.42. The molecule has 2 N–H and O–H groups in total. The SMILES string of the molecule is CCNC(CCN1CCCC(C(F)(F)F)C1)C(=O)O. The van der Waals surface area contributed by atoms with Crippen LogP contribution in [0.4, 0.5) is 13.2 Å². The number of hydrogen-bond donors (Lipinski definition) is 2. The smallest absolute Gasteiger partial charge is 0.393 e. The molecule has 0 radical (unpaired) electrons. The predicted molar refractivity (Wildman–Crippen MR) is 64.9 cm³/mol. The molecule has 2 unspecified atom stereocenters. The van der Waals surface area contributed by atoms with E-state index in [0.717, 1.165) is 0 Å². The minimum Gasteiger partial charge on any atom is -0.480 e. The Morgan fingerprint density at radius 3 is 2.74 bits per heavy atom. The van der Waals surface area contributed by atoms with Crippen LogP contribution >= 0.6 is 0 Å². The van der Waals surface area contributed by atoms with Crippen LogP contribution in [0.2, 0.25) is 0 Å². The van der Waals surface area contributed by atoms with Crippen molar-refractivity contribution >= 4 is 5.97 Å². The van der Waals surface area contributed by atoms with Gasteiger partial charge in [-0.05, 0) is 32.4 Å². The second kappa shape index (κ2) is 7.09. The van der Waals surface area contributed by atoms with E-state index < -0.39 is 24.1 Å². The molecule has 0 aliphatic carbocycles. The average Bonchev–Trinajstić information content (AvgIpc) is 2.33. The van der Waals surface area contributed by atoms with E-state index in [-0.39, 0.29) is 13.0 Å². The molecule has 1 saturated heterocycles. The maximum Gasteiger partial charge on any atom is 0.393 e. The summed E-state index contributed by atoms with van der Waals surface area (Å²) < 4.78 is 37.9. The lowest BCUT2D eigenvalue weighted by Crippen LogP contribution is -2.45. The standard InChI is InChI=1S/C12H21F3N2O2/c1-2-16-10(11(18)19)5-7-17-6-3-4-9(8-17)12(13,14)15/h9-10,16H,2-8H2,1H3,(H,18,19). The van der Waals surface area contributed by atoms with Crippen LogP contribution in [0.1, 0.15) is 26.2 Å². The molecule has 0 aromatic heterocycles. The van der Waals surface area contributed by atoms with Gasteiger partial charge in [-0.15, -0.1) is 0 Å². The highest BCUT2D eigenvalue weighted by Crippen LogP contribution is 2.33. The van der Waals surface area contributed by atoms with E-state index in [4.69, 9.17) is 5.11 Å². The maximum atomic E-state index is 12.6. The minimum atomic E-state index is -4.15. The Morgan fingerprint density at radius 2 is 2.21 bits per heavy atom. The zero-order chi connectivity index (χ0) is 14.5. The third-order valence-corrected chi connectivity index (χ3v) is 3.45. The molecule has 0 bridgehead atoms. The van der Waals surface area contributed by atoms with Crippen molar-refractivity contribution in [1.29, 1.82) is 0 Å². The number of likely N-dealkylation sites (tertiary alicyclic amines) is 1. The maximum absolute atomic E-state index is 12.6. The number of carbonyl (C=O) groups is 1. The van der Waals surface area contributed by atoms with Gasteiger partial charge in [-0.3, -0.25) is 4.79 Å². The Bertz CT molecular complexity index is 297. The molecule has 1 rings (SSSR count). The molecule has 0 saturated carbocycles. The van der Waals surface area contributed by atoms with Crippen molar-refractivity contribution in [3.05, 3.63) is 0 Å². The molecule has 2 atom stereocenters. The molecule has 1 aliphatic rings. The number of nitrogens with zero attached hydrogens (tertiary/aromatic N) is 1. The first-order valence-electron chi connectivity index (χ1n) is 6.59. The van der Waals surface area contributed by atoms with E-state index in [1.807, 2.05) is 0 Å². The number of hydrogen-bond acceptors (Lipinski definition) is 3. The molecule has 4 nitrogen and oxygen atoms in total. The van der Waals surface area contributed by atoms with Gasteiger partial charge in [0.25, 0.3) is 0 Å². The number of carboxylic acid groups (broad SMARTS) is 1. The number of nitrogens with one attached hydrogen (secondary N) is 1. The van der Waals surface area contributed by atoms with E-state index in [1.54, 1.807) is 11.8 Å². The highest BCUT2D eigenvalue weighted by atomic mass is 19.4. The van der Waals surface area contributed by atoms with Crippen molar-refractivity contribution in [1.82, 2.24) is 10.2 Å². The van der Waals surface area contributed by atoms with Crippen molar-refractivity contribution in [2.24, 2.45) is 5.92 Å². The van der Waals surface area contributed by atoms with E-state index >= 15 is 0 Å². The van der Waals surface area contributed by atoms with E-state index in [9.17, 15) is 18.0 Å². The lowest BCUT2D eigenvalue weighted by Gasteiger charge is -2.34. The lowest BCUT2D eigenvalue weighted by atomic mass is 9.97. The summed E-state index contributed by atoms with van der Waals surface area (Å²) in [7, 11) is 0. The highest BCUT2D eigenvalue weighted by molar-refractivity contribution is 5.73. The number of aliphatic carboxylic acids is 1. The average molecular weight is 282 g/mol. The highest BCUT2D eigenvalue weighted by Gasteiger charge is 2.41. The van der Waals surface area contributed by atoms with Gasteiger partial charge >= 0.3 is 12.1 Å². The monoisotopic (exact) mass is 282 g/mol. The number of halogens is 3. The van der Waals surface area contributed by atoms with Crippen LogP contribution < -0.4 is 5.32 Å². The van der Waals surface area contributed by atoms with E-state index in [2.05, 4.69) is 5.32 Å². The van der Waals surface area contributed by atoms with Gasteiger partial charge in [0.15, 0.2) is 0 Å². The number of alkyl halides is 3. The molecular weight excluding hydrogens is 261 g/mol. The second-order valence-corrected chi connectivity index (χ2v) is 4.92. The van der Waals surface area contributed by atoms with Gasteiger partial charge in [-0.25, -0.2) is 0 Å². The number of rotatable bonds is 6. The molecule has 1 heterocycles. The quantitative estimate of drug-likeness (QED) is 0.779. The Morgan fingerprint density at radius 1 is 1.53 bits per heavy atom. The van der Waals surface area contributed by atoms with Gasteiger partial charge in [0.05, 0.1) is 5.92 Å². The molecule has 0 aromatic rings. The molecular formula is C12H21F3N2O2. The first kappa shape index (κ1) is 16.2. The van der Waals surface area contributed by atoms with Crippen LogP contribution in [0.25, 0.3) is 0 Å². The third kappa shape index (κ3) is 5.36. The molecule has 19 heavy (non-hydrogen) atoms. The summed E-state index contributed by atoms with van der Waals surface area (Å²) in [6.07, 6.45) is -3.13. The van der Waals surface area contributed by atoms with Gasteiger partial charge in [0, 0.05) is 13.1 Å². The van der Waals surface area contributed by atoms with Crippen molar-refractivity contribution in [2.75, 3.05) is 26.2 Å². The van der Waals surface area contributed by atoms with Crippen LogP contribution in [0.5, 0.6) is 0 Å². The summed E-state index contributed by atoms with van der Waals surface area (Å²) in [6.45, 7) is 3.32. The largest absolute Gasteiger partial charge is 0.480 e. The molecule has 1 aliphatic heterocycles. The van der Waals surface area contributed by atoms with Crippen LogP contribution in [-0.4, -0.2) is 54.4 Å². The summed E-state index contributed by atoms with van der Waals surface area (Å²) >= 11 is 0. The fourth-order valence-electron chi connectivity index (χ4n) is 2.40. The summed E-state index contributed by atoms with van der Waals surface area (Å²) in [6, 6.07) is -0.684. The number of carboxylic acids is 1. The topological polar surface area (TPSA) is 52.6 Å². The van der Waals surface area contributed by atoms with Gasteiger partial charge in [0.2, 0.25) is 0 Å². The summed E-state index contributed by atoms with van der Waals surface area (Å²) in [5.74, 6) is -2.23. The van der Waals surface area contributed by atoms with Crippen LogP contribution in [0.3, 0.4) is 0 Å². The van der Waals surface area contributed by atoms with Gasteiger partial charge in [-0.1, -0.05) is 6.92 Å². The van der Waals surface area contributed by atoms with Crippen LogP contribution in [-0.2, 0) is 4.79 Å². The second-order valence-electron chi connectivity index (χ2n) is 4.92. The summed E-state index contributed by atoms with van der Waals surface area (Å²) in [5, 5.41) is 11.8. The summed E-state index contributed by atoms with van der Waals surface area (Å²) in [5.41, 5.74) is 0. The molecule has 112 valence electrons. The van der Waals surface area contributed by atoms with Crippen molar-refractivity contribution in [3.8, 4) is 0 Å². The first-order valence-corrected chi connectivity index (χ1v) is 6.59. The Labute approximate surface area is 111 Å². The Hall–Kier alpha value is -0.820. The molecule has 0 spiro atoms. The van der Waals surface area contributed by atoms with Gasteiger partial charge in [-0.2, -0.15) is 13.2 Å². The van der Waals surface area contributed by atoms with Gasteiger partial charge in [0.1, 0.15) is 6.04 Å². The molecule has 7 heteroatoms. The minimum absolute atomic E-state index is 0.0119. The zero-order valence-corrected chi connectivity index (χ0v) is 11.0. The van der Waals surface area contributed by atoms with Crippen molar-refractivity contribution in [2.45, 2.75) is 38.4 Å². The molecule has 0 aromatic carbocycles. The third-order valence-electron chi connectivity index (χ3n) is 3.45. The van der Waals surface area contributed by atoms with E-state index in [0.29, 0.717) is 32.5 Å². The molecule has 0 amide bonds. The Kier molecular flexibility index (Phi) is 6.06. The first-order chi connectivity index (χ1) is 8.84. The van der Waals surface area contributed by atoms with Crippen molar-refractivity contribution < 1.29 is 23.1 Å². The van der Waals surface area contributed by atoms with Crippen molar-refractivity contribution in [3.63, 3.8) is 0 Å².